The third kappa shape index (κ3) is 3.71. The standard InChI is InChI=1S/C16H18N4O4S/c1-4-23-16-17-10(2)15(11(3)18-16)20-25(21,22)9-13-12-7-5-6-8-14(12)24-19-13/h5-8,20H,4,9H2,1-3H3. The first-order chi connectivity index (χ1) is 11.9. The van der Waals surface area contributed by atoms with Gasteiger partial charge in [-0.3, -0.25) is 4.72 Å². The van der Waals surface area contributed by atoms with Crippen LogP contribution in [0.4, 0.5) is 5.69 Å². The van der Waals surface area contributed by atoms with Crippen LogP contribution in [0.3, 0.4) is 0 Å². The van der Waals surface area contributed by atoms with E-state index < -0.39 is 10.0 Å². The molecule has 132 valence electrons. The highest BCUT2D eigenvalue weighted by molar-refractivity contribution is 7.91. The Morgan fingerprint density at radius 1 is 1.16 bits per heavy atom. The van der Waals surface area contributed by atoms with Crippen LogP contribution in [0.15, 0.2) is 28.8 Å². The van der Waals surface area contributed by atoms with Gasteiger partial charge in [0.05, 0.1) is 23.7 Å². The van der Waals surface area contributed by atoms with E-state index in [0.29, 0.717) is 40.3 Å². The fourth-order valence-electron chi connectivity index (χ4n) is 2.44. The van der Waals surface area contributed by atoms with E-state index in [-0.39, 0.29) is 11.8 Å². The normalized spacial score (nSPS) is 11.6. The molecule has 0 saturated heterocycles. The lowest BCUT2D eigenvalue weighted by Crippen LogP contribution is -2.18. The number of fused-ring (bicyclic) bond motifs is 1. The van der Waals surface area contributed by atoms with Crippen LogP contribution < -0.4 is 9.46 Å². The highest BCUT2D eigenvalue weighted by atomic mass is 32.2. The maximum absolute atomic E-state index is 12.5. The predicted molar refractivity (Wildman–Crippen MR) is 92.9 cm³/mol. The Morgan fingerprint density at radius 2 is 1.84 bits per heavy atom. The van der Waals surface area contributed by atoms with Gasteiger partial charge in [-0.05, 0) is 32.9 Å². The summed E-state index contributed by atoms with van der Waals surface area (Å²) in [5.74, 6) is -0.309. The minimum Gasteiger partial charge on any atom is -0.464 e. The SMILES string of the molecule is CCOc1nc(C)c(NS(=O)(=O)Cc2noc3ccccc23)c(C)n1. The molecule has 25 heavy (non-hydrogen) atoms. The number of hydrogen-bond donors (Lipinski definition) is 1. The minimum absolute atomic E-state index is 0.225. The molecular weight excluding hydrogens is 344 g/mol. The number of anilines is 1. The summed E-state index contributed by atoms with van der Waals surface area (Å²) in [5.41, 5.74) is 2.22. The number of sulfonamides is 1. The Morgan fingerprint density at radius 3 is 2.52 bits per heavy atom. The van der Waals surface area contributed by atoms with Crippen molar-refractivity contribution in [1.29, 1.82) is 0 Å². The van der Waals surface area contributed by atoms with Crippen molar-refractivity contribution in [2.24, 2.45) is 0 Å². The first-order valence-corrected chi connectivity index (χ1v) is 9.36. The number of ether oxygens (including phenoxy) is 1. The second kappa shape index (κ2) is 6.67. The summed E-state index contributed by atoms with van der Waals surface area (Å²) in [4.78, 5) is 8.32. The Balaban J connectivity index is 1.87. The summed E-state index contributed by atoms with van der Waals surface area (Å²) in [6.07, 6.45) is 0. The fraction of sp³-hybridized carbons (Fsp3) is 0.312. The summed E-state index contributed by atoms with van der Waals surface area (Å²) >= 11 is 0. The number of aryl methyl sites for hydroxylation is 2. The van der Waals surface area contributed by atoms with Crippen molar-refractivity contribution in [3.8, 4) is 6.01 Å². The number of hydrogen-bond acceptors (Lipinski definition) is 7. The van der Waals surface area contributed by atoms with E-state index in [9.17, 15) is 8.42 Å². The van der Waals surface area contributed by atoms with Crippen LogP contribution in [-0.4, -0.2) is 30.1 Å². The van der Waals surface area contributed by atoms with Gasteiger partial charge in [-0.15, -0.1) is 0 Å². The first kappa shape index (κ1) is 17.2. The molecule has 0 fully saturated rings. The van der Waals surface area contributed by atoms with Crippen molar-refractivity contribution >= 4 is 26.7 Å². The van der Waals surface area contributed by atoms with Gasteiger partial charge < -0.3 is 9.26 Å². The lowest BCUT2D eigenvalue weighted by Gasteiger charge is -2.13. The van der Waals surface area contributed by atoms with Crippen LogP contribution in [0.2, 0.25) is 0 Å². The van der Waals surface area contributed by atoms with Gasteiger partial charge in [-0.2, -0.15) is 9.97 Å². The van der Waals surface area contributed by atoms with Crippen LogP contribution >= 0.6 is 0 Å². The number of aromatic nitrogens is 3. The van der Waals surface area contributed by atoms with Gasteiger partial charge in [0.1, 0.15) is 11.4 Å². The highest BCUT2D eigenvalue weighted by Crippen LogP contribution is 2.24. The summed E-state index contributed by atoms with van der Waals surface area (Å²) in [5, 5.41) is 4.53. The van der Waals surface area contributed by atoms with Crippen molar-refractivity contribution in [2.75, 3.05) is 11.3 Å². The molecule has 0 atom stereocenters. The fourth-order valence-corrected chi connectivity index (χ4v) is 3.69. The Kier molecular flexibility index (Phi) is 4.58. The Hall–Kier alpha value is -2.68. The number of rotatable bonds is 6. The lowest BCUT2D eigenvalue weighted by atomic mass is 10.2. The summed E-state index contributed by atoms with van der Waals surface area (Å²) in [6, 6.07) is 7.34. The van der Waals surface area contributed by atoms with Gasteiger partial charge in [0.15, 0.2) is 5.58 Å². The van der Waals surface area contributed by atoms with Gasteiger partial charge in [0, 0.05) is 5.39 Å². The molecule has 9 heteroatoms. The van der Waals surface area contributed by atoms with Gasteiger partial charge in [0.2, 0.25) is 10.0 Å². The molecule has 0 spiro atoms. The van der Waals surface area contributed by atoms with Crippen LogP contribution in [0.1, 0.15) is 24.0 Å². The van der Waals surface area contributed by atoms with Crippen LogP contribution in [0.5, 0.6) is 6.01 Å². The predicted octanol–water partition coefficient (Wildman–Crippen LogP) is 2.58. The molecule has 0 saturated carbocycles. The molecule has 0 aliphatic rings. The van der Waals surface area contributed by atoms with E-state index in [4.69, 9.17) is 9.26 Å². The molecule has 8 nitrogen and oxygen atoms in total. The first-order valence-electron chi connectivity index (χ1n) is 7.71. The molecule has 0 amide bonds. The number of nitrogens with one attached hydrogen (secondary N) is 1. The summed E-state index contributed by atoms with van der Waals surface area (Å²) < 4.78 is 38.0. The second-order valence-corrected chi connectivity index (χ2v) is 7.19. The molecule has 2 aromatic heterocycles. The number of nitrogens with zero attached hydrogens (tertiary/aromatic N) is 3. The maximum Gasteiger partial charge on any atom is 0.316 e. The van der Waals surface area contributed by atoms with Crippen molar-refractivity contribution in [1.82, 2.24) is 15.1 Å². The Labute approximate surface area is 145 Å². The van der Waals surface area contributed by atoms with Crippen LogP contribution in [-0.2, 0) is 15.8 Å². The van der Waals surface area contributed by atoms with Gasteiger partial charge in [-0.25, -0.2) is 8.42 Å². The summed E-state index contributed by atoms with van der Waals surface area (Å²) in [7, 11) is -3.71. The zero-order chi connectivity index (χ0) is 18.0. The van der Waals surface area contributed by atoms with E-state index in [1.807, 2.05) is 6.92 Å². The average Bonchev–Trinajstić information content (AvgIpc) is 2.94. The highest BCUT2D eigenvalue weighted by Gasteiger charge is 2.20. The lowest BCUT2D eigenvalue weighted by molar-refractivity contribution is 0.311. The van der Waals surface area contributed by atoms with Crippen LogP contribution in [0, 0.1) is 13.8 Å². The third-order valence-corrected chi connectivity index (χ3v) is 4.73. The molecule has 2 heterocycles. The van der Waals surface area contributed by atoms with E-state index >= 15 is 0 Å². The quantitative estimate of drug-likeness (QED) is 0.718. The van der Waals surface area contributed by atoms with Crippen molar-refractivity contribution in [2.45, 2.75) is 26.5 Å². The molecule has 3 aromatic rings. The Bertz CT molecular complexity index is 991. The summed E-state index contributed by atoms with van der Waals surface area (Å²) in [6.45, 7) is 5.65. The van der Waals surface area contributed by atoms with E-state index in [2.05, 4.69) is 19.8 Å². The molecule has 1 N–H and O–H groups in total. The molecule has 1 aromatic carbocycles. The second-order valence-electron chi connectivity index (χ2n) is 5.47. The third-order valence-electron chi connectivity index (χ3n) is 3.56. The molecular formula is C16H18N4O4S. The zero-order valence-corrected chi connectivity index (χ0v) is 14.9. The number of para-hydroxylation sites is 1. The molecule has 0 bridgehead atoms. The zero-order valence-electron chi connectivity index (χ0n) is 14.1. The minimum atomic E-state index is -3.71. The number of benzene rings is 1. The molecule has 0 unspecified atom stereocenters. The van der Waals surface area contributed by atoms with E-state index in [1.54, 1.807) is 38.1 Å². The van der Waals surface area contributed by atoms with E-state index in [1.165, 1.54) is 0 Å². The maximum atomic E-state index is 12.5. The van der Waals surface area contributed by atoms with Crippen molar-refractivity contribution in [3.63, 3.8) is 0 Å². The topological polar surface area (TPSA) is 107 Å². The van der Waals surface area contributed by atoms with Crippen LogP contribution in [0.25, 0.3) is 11.0 Å². The largest absolute Gasteiger partial charge is 0.464 e. The van der Waals surface area contributed by atoms with Gasteiger partial charge >= 0.3 is 6.01 Å². The monoisotopic (exact) mass is 362 g/mol. The van der Waals surface area contributed by atoms with Gasteiger partial charge in [-0.1, -0.05) is 17.3 Å². The molecule has 0 aliphatic carbocycles. The van der Waals surface area contributed by atoms with Gasteiger partial charge in [0.25, 0.3) is 0 Å². The molecule has 0 radical (unpaired) electrons. The molecule has 0 aliphatic heterocycles. The molecule has 3 rings (SSSR count). The average molecular weight is 362 g/mol. The van der Waals surface area contributed by atoms with Crippen molar-refractivity contribution < 1.29 is 17.7 Å². The smallest absolute Gasteiger partial charge is 0.316 e. The van der Waals surface area contributed by atoms with E-state index in [0.717, 1.165) is 0 Å². The van der Waals surface area contributed by atoms with Crippen molar-refractivity contribution in [3.05, 3.63) is 41.3 Å².